The van der Waals surface area contributed by atoms with Gasteiger partial charge in [-0.25, -0.2) is 13.2 Å². The smallest absolute Gasteiger partial charge is 0.320 e. The third-order valence-corrected chi connectivity index (χ3v) is 6.82. The monoisotopic (exact) mass is 489 g/mol. The van der Waals surface area contributed by atoms with E-state index < -0.39 is 21.8 Å². The van der Waals surface area contributed by atoms with Crippen LogP contribution in [0.5, 0.6) is 0 Å². The first-order valence-corrected chi connectivity index (χ1v) is 12.0. The van der Waals surface area contributed by atoms with Crippen molar-refractivity contribution >= 4 is 27.4 Å². The van der Waals surface area contributed by atoms with Crippen LogP contribution in [-0.2, 0) is 22.7 Å². The lowest BCUT2D eigenvalue weighted by Crippen LogP contribution is -2.49. The summed E-state index contributed by atoms with van der Waals surface area (Å²) in [7, 11) is -3.74. The van der Waals surface area contributed by atoms with Crippen molar-refractivity contribution < 1.29 is 26.4 Å². The lowest BCUT2D eigenvalue weighted by Gasteiger charge is -2.35. The zero-order valence-electron chi connectivity index (χ0n) is 18.0. The predicted octanol–water partition coefficient (Wildman–Crippen LogP) is 5.34. The predicted molar refractivity (Wildman–Crippen MR) is 123 cm³/mol. The Morgan fingerprint density at radius 1 is 0.882 bits per heavy atom. The van der Waals surface area contributed by atoms with E-state index in [2.05, 4.69) is 4.72 Å². The number of nitrogens with one attached hydrogen (secondary N) is 1. The average Bonchev–Trinajstić information content (AvgIpc) is 2.81. The SMILES string of the molecule is O=C1N(Cc2cccc(C(F)(F)F)c2)CCCN1c1ccc(NS(=O)(=O)c2ccccc2)cc1. The van der Waals surface area contributed by atoms with Gasteiger partial charge < -0.3 is 4.90 Å². The molecule has 0 aromatic heterocycles. The molecule has 0 bridgehead atoms. The standard InChI is InChI=1S/C24H22F3N3O3S/c25-24(26,27)19-7-4-6-18(16-19)17-29-14-5-15-30(23(29)31)21-12-10-20(11-13-21)28-34(32,33)22-8-2-1-3-9-22/h1-4,6-13,16,28H,5,14-15,17H2. The second kappa shape index (κ2) is 9.38. The van der Waals surface area contributed by atoms with Crippen LogP contribution in [0.2, 0.25) is 0 Å². The Morgan fingerprint density at radius 2 is 1.59 bits per heavy atom. The van der Waals surface area contributed by atoms with Gasteiger partial charge in [-0.05, 0) is 60.5 Å². The third kappa shape index (κ3) is 5.33. The lowest BCUT2D eigenvalue weighted by molar-refractivity contribution is -0.137. The average molecular weight is 490 g/mol. The van der Waals surface area contributed by atoms with Gasteiger partial charge in [0.1, 0.15) is 0 Å². The van der Waals surface area contributed by atoms with Crippen LogP contribution in [0.1, 0.15) is 17.5 Å². The molecule has 0 atom stereocenters. The van der Waals surface area contributed by atoms with E-state index >= 15 is 0 Å². The number of urea groups is 1. The van der Waals surface area contributed by atoms with Gasteiger partial charge in [0.05, 0.1) is 10.5 Å². The van der Waals surface area contributed by atoms with Crippen molar-refractivity contribution in [3.05, 3.63) is 90.0 Å². The van der Waals surface area contributed by atoms with Gasteiger partial charge in [0.25, 0.3) is 10.0 Å². The fraction of sp³-hybridized carbons (Fsp3) is 0.208. The highest BCUT2D eigenvalue weighted by Gasteiger charge is 2.31. The van der Waals surface area contributed by atoms with Crippen molar-refractivity contribution in [2.24, 2.45) is 0 Å². The minimum atomic E-state index is -4.45. The maximum atomic E-state index is 13.0. The third-order valence-electron chi connectivity index (χ3n) is 5.42. The molecule has 3 aromatic carbocycles. The van der Waals surface area contributed by atoms with Crippen LogP contribution in [0.15, 0.2) is 83.8 Å². The summed E-state index contributed by atoms with van der Waals surface area (Å²) in [6.07, 6.45) is -3.80. The zero-order chi connectivity index (χ0) is 24.3. The molecule has 1 aliphatic rings. The maximum Gasteiger partial charge on any atom is 0.416 e. The quantitative estimate of drug-likeness (QED) is 0.508. The number of hydrogen-bond donors (Lipinski definition) is 1. The number of carbonyl (C=O) groups is 1. The summed E-state index contributed by atoms with van der Waals surface area (Å²) in [5, 5.41) is 0. The zero-order valence-corrected chi connectivity index (χ0v) is 18.8. The number of carbonyl (C=O) groups excluding carboxylic acids is 1. The highest BCUT2D eigenvalue weighted by molar-refractivity contribution is 7.92. The topological polar surface area (TPSA) is 69.7 Å². The van der Waals surface area contributed by atoms with Gasteiger partial charge in [-0.2, -0.15) is 13.2 Å². The molecule has 0 saturated carbocycles. The Labute approximate surface area is 195 Å². The minimum absolute atomic E-state index is 0.0637. The molecular weight excluding hydrogens is 467 g/mol. The number of nitrogens with zero attached hydrogens (tertiary/aromatic N) is 2. The number of sulfonamides is 1. The van der Waals surface area contributed by atoms with Crippen molar-refractivity contribution in [3.63, 3.8) is 0 Å². The number of halogens is 3. The normalized spacial score (nSPS) is 14.9. The second-order valence-corrected chi connectivity index (χ2v) is 9.56. The molecule has 0 spiro atoms. The molecule has 1 N–H and O–H groups in total. The van der Waals surface area contributed by atoms with E-state index in [-0.39, 0.29) is 17.5 Å². The van der Waals surface area contributed by atoms with Crippen LogP contribution in [0.25, 0.3) is 0 Å². The first-order chi connectivity index (χ1) is 16.1. The van der Waals surface area contributed by atoms with Crippen LogP contribution in [0.3, 0.4) is 0 Å². The van der Waals surface area contributed by atoms with E-state index in [0.717, 1.165) is 12.1 Å². The molecule has 2 amide bonds. The molecule has 3 aromatic rings. The second-order valence-electron chi connectivity index (χ2n) is 7.87. The van der Waals surface area contributed by atoms with Crippen LogP contribution in [-0.4, -0.2) is 32.4 Å². The number of amides is 2. The molecule has 6 nitrogen and oxygen atoms in total. The highest BCUT2D eigenvalue weighted by atomic mass is 32.2. The van der Waals surface area contributed by atoms with Crippen LogP contribution >= 0.6 is 0 Å². The molecule has 1 saturated heterocycles. The molecule has 0 unspecified atom stereocenters. The van der Waals surface area contributed by atoms with Gasteiger partial charge in [0.15, 0.2) is 0 Å². The fourth-order valence-electron chi connectivity index (χ4n) is 3.76. The van der Waals surface area contributed by atoms with Crippen molar-refractivity contribution in [2.75, 3.05) is 22.7 Å². The summed E-state index contributed by atoms with van der Waals surface area (Å²) in [5.41, 5.74) is 0.565. The number of alkyl halides is 3. The lowest BCUT2D eigenvalue weighted by atomic mass is 10.1. The van der Waals surface area contributed by atoms with Gasteiger partial charge >= 0.3 is 12.2 Å². The number of rotatable bonds is 6. The van der Waals surface area contributed by atoms with Gasteiger partial charge in [-0.15, -0.1) is 0 Å². The van der Waals surface area contributed by atoms with Gasteiger partial charge in [-0.1, -0.05) is 30.3 Å². The molecule has 178 valence electrons. The molecule has 1 aliphatic heterocycles. The first-order valence-electron chi connectivity index (χ1n) is 10.5. The van der Waals surface area contributed by atoms with E-state index in [1.54, 1.807) is 48.5 Å². The van der Waals surface area contributed by atoms with Gasteiger partial charge in [0, 0.05) is 31.0 Å². The van der Waals surface area contributed by atoms with Crippen molar-refractivity contribution in [1.82, 2.24) is 4.90 Å². The summed E-state index contributed by atoms with van der Waals surface area (Å²) in [4.78, 5) is 16.2. The molecule has 10 heteroatoms. The van der Waals surface area contributed by atoms with Crippen molar-refractivity contribution in [3.8, 4) is 0 Å². The Balaban J connectivity index is 1.46. The van der Waals surface area contributed by atoms with E-state index in [0.29, 0.717) is 36.4 Å². The molecule has 4 rings (SSSR count). The minimum Gasteiger partial charge on any atom is -0.320 e. The molecule has 1 heterocycles. The van der Waals surface area contributed by atoms with Crippen LogP contribution < -0.4 is 9.62 Å². The maximum absolute atomic E-state index is 13.0. The summed E-state index contributed by atoms with van der Waals surface area (Å²) in [6.45, 7) is 0.946. The van der Waals surface area contributed by atoms with Gasteiger partial charge in [0.2, 0.25) is 0 Å². The van der Waals surface area contributed by atoms with Gasteiger partial charge in [-0.3, -0.25) is 9.62 Å². The number of anilines is 2. The number of benzene rings is 3. The van der Waals surface area contributed by atoms with E-state index in [1.165, 1.54) is 28.0 Å². The first kappa shape index (κ1) is 23.6. The summed E-state index contributed by atoms with van der Waals surface area (Å²) < 4.78 is 66.5. The fourth-order valence-corrected chi connectivity index (χ4v) is 4.84. The van der Waals surface area contributed by atoms with Crippen molar-refractivity contribution in [1.29, 1.82) is 0 Å². The Hall–Kier alpha value is -3.53. The summed E-state index contributed by atoms with van der Waals surface area (Å²) in [6, 6.07) is 19.0. The molecule has 34 heavy (non-hydrogen) atoms. The summed E-state index contributed by atoms with van der Waals surface area (Å²) >= 11 is 0. The van der Waals surface area contributed by atoms with Crippen LogP contribution in [0.4, 0.5) is 29.3 Å². The summed E-state index contributed by atoms with van der Waals surface area (Å²) in [5.74, 6) is 0. The van der Waals surface area contributed by atoms with Crippen LogP contribution in [0, 0.1) is 0 Å². The molecule has 0 radical (unpaired) electrons. The number of hydrogen-bond acceptors (Lipinski definition) is 3. The Bertz CT molecular complexity index is 1260. The molecular formula is C24H22F3N3O3S. The largest absolute Gasteiger partial charge is 0.416 e. The Kier molecular flexibility index (Phi) is 6.52. The van der Waals surface area contributed by atoms with E-state index in [4.69, 9.17) is 0 Å². The Morgan fingerprint density at radius 3 is 2.26 bits per heavy atom. The van der Waals surface area contributed by atoms with Crippen molar-refractivity contribution in [2.45, 2.75) is 24.0 Å². The molecule has 1 fully saturated rings. The highest BCUT2D eigenvalue weighted by Crippen LogP contribution is 2.30. The van der Waals surface area contributed by atoms with E-state index in [9.17, 15) is 26.4 Å². The van der Waals surface area contributed by atoms with E-state index in [1.807, 2.05) is 0 Å². The molecule has 0 aliphatic carbocycles.